The first kappa shape index (κ1) is 22.2. The zero-order chi connectivity index (χ0) is 21.8. The monoisotopic (exact) mass is 462 g/mol. The van der Waals surface area contributed by atoms with Crippen LogP contribution < -0.4 is 10.6 Å². The fourth-order valence-corrected chi connectivity index (χ4v) is 3.28. The molecule has 0 saturated heterocycles. The number of nitrogens with one attached hydrogen (secondary N) is 2. The van der Waals surface area contributed by atoms with Crippen molar-refractivity contribution in [2.24, 2.45) is 0 Å². The summed E-state index contributed by atoms with van der Waals surface area (Å²) in [5, 5.41) is 16.4. The minimum Gasteiger partial charge on any atom is -0.506 e. The molecule has 0 fully saturated rings. The standard InChI is InChI=1S/C22H20Cl2N2O3S/c1-3-12(2)13-5-7-18(27)17(11-13)25-22(30)26-21(28)20-9-8-19(29-20)14-4-6-15(23)16(24)10-14/h4-12,27H,3H2,1-2H3,(H2,25,26,28,30)/t12-/m0/s1. The molecule has 0 aliphatic rings. The largest absolute Gasteiger partial charge is 0.506 e. The number of carbonyl (C=O) groups excluding carboxylic acids is 1. The molecule has 1 atom stereocenters. The quantitative estimate of drug-likeness (QED) is 0.294. The summed E-state index contributed by atoms with van der Waals surface area (Å²) in [7, 11) is 0. The molecule has 0 aliphatic carbocycles. The van der Waals surface area contributed by atoms with Gasteiger partial charge in [-0.1, -0.05) is 43.1 Å². The Kier molecular flexibility index (Phi) is 7.02. The summed E-state index contributed by atoms with van der Waals surface area (Å²) < 4.78 is 5.62. The van der Waals surface area contributed by atoms with Gasteiger partial charge in [-0.3, -0.25) is 10.1 Å². The van der Waals surface area contributed by atoms with Crippen molar-refractivity contribution in [2.45, 2.75) is 26.2 Å². The number of carbonyl (C=O) groups is 1. The van der Waals surface area contributed by atoms with Gasteiger partial charge in [0.05, 0.1) is 15.7 Å². The van der Waals surface area contributed by atoms with Crippen LogP contribution in [0.1, 0.15) is 42.3 Å². The molecule has 1 heterocycles. The van der Waals surface area contributed by atoms with Crippen molar-refractivity contribution in [1.29, 1.82) is 0 Å². The minimum atomic E-state index is -0.517. The lowest BCUT2D eigenvalue weighted by Crippen LogP contribution is -2.33. The highest BCUT2D eigenvalue weighted by Gasteiger charge is 2.15. The van der Waals surface area contributed by atoms with E-state index in [0.717, 1.165) is 12.0 Å². The number of phenols is 1. The van der Waals surface area contributed by atoms with Gasteiger partial charge in [0.25, 0.3) is 5.91 Å². The Bertz CT molecular complexity index is 1100. The maximum absolute atomic E-state index is 12.5. The predicted octanol–water partition coefficient (Wildman–Crippen LogP) is 6.60. The van der Waals surface area contributed by atoms with Crippen molar-refractivity contribution in [1.82, 2.24) is 5.32 Å². The number of amides is 1. The van der Waals surface area contributed by atoms with Crippen LogP contribution in [-0.2, 0) is 0 Å². The lowest BCUT2D eigenvalue weighted by molar-refractivity contribution is 0.0951. The lowest BCUT2D eigenvalue weighted by Gasteiger charge is -2.14. The van der Waals surface area contributed by atoms with E-state index < -0.39 is 5.91 Å². The van der Waals surface area contributed by atoms with Gasteiger partial charge in [0.15, 0.2) is 10.9 Å². The summed E-state index contributed by atoms with van der Waals surface area (Å²) in [6.07, 6.45) is 0.963. The van der Waals surface area contributed by atoms with Crippen molar-refractivity contribution < 1.29 is 14.3 Å². The van der Waals surface area contributed by atoms with E-state index in [-0.39, 0.29) is 16.6 Å². The molecule has 1 amide bonds. The van der Waals surface area contributed by atoms with Crippen molar-refractivity contribution in [3.63, 3.8) is 0 Å². The van der Waals surface area contributed by atoms with Gasteiger partial charge in [-0.15, -0.1) is 0 Å². The molecule has 0 bridgehead atoms. The van der Waals surface area contributed by atoms with Crippen LogP contribution in [0.5, 0.6) is 5.75 Å². The molecule has 3 aromatic rings. The molecule has 1 aromatic heterocycles. The van der Waals surface area contributed by atoms with Crippen LogP contribution in [-0.4, -0.2) is 16.1 Å². The summed E-state index contributed by atoms with van der Waals surface area (Å²) in [6.45, 7) is 4.18. The Balaban J connectivity index is 1.69. The third-order valence-electron chi connectivity index (χ3n) is 4.71. The zero-order valence-electron chi connectivity index (χ0n) is 16.3. The van der Waals surface area contributed by atoms with Crippen molar-refractivity contribution in [3.05, 3.63) is 69.9 Å². The Morgan fingerprint density at radius 3 is 2.60 bits per heavy atom. The molecule has 8 heteroatoms. The van der Waals surface area contributed by atoms with E-state index in [1.807, 2.05) is 12.1 Å². The first-order chi connectivity index (χ1) is 14.3. The van der Waals surface area contributed by atoms with Gasteiger partial charge in [0.1, 0.15) is 11.5 Å². The first-order valence-electron chi connectivity index (χ1n) is 9.29. The number of benzene rings is 2. The Hall–Kier alpha value is -2.54. The second kappa shape index (κ2) is 9.51. The molecule has 0 spiro atoms. The van der Waals surface area contributed by atoms with Gasteiger partial charge in [-0.2, -0.15) is 0 Å². The fourth-order valence-electron chi connectivity index (χ4n) is 2.78. The van der Waals surface area contributed by atoms with Gasteiger partial charge in [0.2, 0.25) is 0 Å². The van der Waals surface area contributed by atoms with Crippen LogP contribution in [0.4, 0.5) is 5.69 Å². The number of rotatable bonds is 5. The summed E-state index contributed by atoms with van der Waals surface area (Å²) >= 11 is 17.2. The average molecular weight is 463 g/mol. The highest BCUT2D eigenvalue weighted by atomic mass is 35.5. The topological polar surface area (TPSA) is 74.5 Å². The minimum absolute atomic E-state index is 0.0403. The number of phenolic OH excluding ortho intramolecular Hbond substituents is 1. The van der Waals surface area contributed by atoms with E-state index in [1.54, 1.807) is 30.3 Å². The first-order valence-corrected chi connectivity index (χ1v) is 10.5. The second-order valence-corrected chi connectivity index (χ2v) is 8.01. The fraction of sp³-hybridized carbons (Fsp3) is 0.182. The molecule has 3 rings (SSSR count). The summed E-state index contributed by atoms with van der Waals surface area (Å²) in [6, 6.07) is 13.5. The summed E-state index contributed by atoms with van der Waals surface area (Å²) in [4.78, 5) is 12.5. The Labute approximate surface area is 190 Å². The van der Waals surface area contributed by atoms with Crippen LogP contribution in [0, 0.1) is 0 Å². The molecule has 0 saturated carbocycles. The molecule has 2 aromatic carbocycles. The second-order valence-electron chi connectivity index (χ2n) is 6.79. The number of aromatic hydroxyl groups is 1. The molecule has 30 heavy (non-hydrogen) atoms. The molecule has 0 unspecified atom stereocenters. The van der Waals surface area contributed by atoms with E-state index in [4.69, 9.17) is 39.8 Å². The highest BCUT2D eigenvalue weighted by Crippen LogP contribution is 2.30. The Morgan fingerprint density at radius 1 is 1.13 bits per heavy atom. The summed E-state index contributed by atoms with van der Waals surface area (Å²) in [5.74, 6) is 0.404. The third kappa shape index (κ3) is 5.14. The van der Waals surface area contributed by atoms with E-state index in [9.17, 15) is 9.90 Å². The maximum Gasteiger partial charge on any atom is 0.293 e. The van der Waals surface area contributed by atoms with Crippen molar-refractivity contribution >= 4 is 52.1 Å². The molecule has 0 radical (unpaired) electrons. The molecule has 3 N–H and O–H groups in total. The predicted molar refractivity (Wildman–Crippen MR) is 125 cm³/mol. The van der Waals surface area contributed by atoms with Gasteiger partial charge >= 0.3 is 0 Å². The number of furan rings is 1. The van der Waals surface area contributed by atoms with E-state index >= 15 is 0 Å². The van der Waals surface area contributed by atoms with Gasteiger partial charge in [-0.25, -0.2) is 0 Å². The smallest absolute Gasteiger partial charge is 0.293 e. The van der Waals surface area contributed by atoms with Crippen molar-refractivity contribution in [2.75, 3.05) is 5.32 Å². The lowest BCUT2D eigenvalue weighted by atomic mass is 9.98. The molecule has 5 nitrogen and oxygen atoms in total. The number of hydrogen-bond donors (Lipinski definition) is 3. The highest BCUT2D eigenvalue weighted by molar-refractivity contribution is 7.80. The number of hydrogen-bond acceptors (Lipinski definition) is 4. The maximum atomic E-state index is 12.5. The average Bonchev–Trinajstić information content (AvgIpc) is 3.21. The molecular formula is C22H20Cl2N2O3S. The van der Waals surface area contributed by atoms with E-state index in [0.29, 0.717) is 33.0 Å². The van der Waals surface area contributed by atoms with Crippen LogP contribution in [0.2, 0.25) is 10.0 Å². The summed E-state index contributed by atoms with van der Waals surface area (Å²) in [5.41, 5.74) is 2.18. The van der Waals surface area contributed by atoms with Gasteiger partial charge in [0, 0.05) is 5.56 Å². The number of anilines is 1. The van der Waals surface area contributed by atoms with Gasteiger partial charge in [-0.05, 0) is 72.6 Å². The number of halogens is 2. The van der Waals surface area contributed by atoms with Crippen LogP contribution in [0.25, 0.3) is 11.3 Å². The molecular weight excluding hydrogens is 443 g/mol. The van der Waals surface area contributed by atoms with Gasteiger partial charge < -0.3 is 14.8 Å². The van der Waals surface area contributed by atoms with E-state index in [1.165, 1.54) is 6.07 Å². The van der Waals surface area contributed by atoms with Crippen LogP contribution in [0.15, 0.2) is 52.9 Å². The number of thiocarbonyl (C=S) groups is 1. The van der Waals surface area contributed by atoms with Crippen LogP contribution >= 0.6 is 35.4 Å². The molecule has 156 valence electrons. The van der Waals surface area contributed by atoms with Crippen LogP contribution in [0.3, 0.4) is 0 Å². The third-order valence-corrected chi connectivity index (χ3v) is 5.65. The van der Waals surface area contributed by atoms with E-state index in [2.05, 4.69) is 24.5 Å². The SMILES string of the molecule is CC[C@H](C)c1ccc(O)c(NC(=S)NC(=O)c2ccc(-c3ccc(Cl)c(Cl)c3)o2)c1. The molecule has 0 aliphatic heterocycles. The van der Waals surface area contributed by atoms with Crippen molar-refractivity contribution in [3.8, 4) is 17.1 Å². The Morgan fingerprint density at radius 2 is 1.90 bits per heavy atom. The zero-order valence-corrected chi connectivity index (χ0v) is 18.7. The normalized spacial score (nSPS) is 11.7.